The maximum atomic E-state index is 15.1. The van der Waals surface area contributed by atoms with Crippen molar-refractivity contribution in [3.63, 3.8) is 0 Å². The molecule has 1 N–H and O–H groups in total. The highest BCUT2D eigenvalue weighted by atomic mass is 32.2. The molecule has 0 aliphatic carbocycles. The number of cyclic esters (lactones) is 1. The van der Waals surface area contributed by atoms with Crippen molar-refractivity contribution in [2.75, 3.05) is 17.2 Å². The number of tetrazole rings is 1. The van der Waals surface area contributed by atoms with Gasteiger partial charge in [-0.25, -0.2) is 13.9 Å². The summed E-state index contributed by atoms with van der Waals surface area (Å²) in [6.45, 7) is 1.78. The summed E-state index contributed by atoms with van der Waals surface area (Å²) in [7, 11) is 1.74. The van der Waals surface area contributed by atoms with E-state index in [9.17, 15) is 4.79 Å². The van der Waals surface area contributed by atoms with Crippen molar-refractivity contribution in [3.8, 4) is 11.1 Å². The van der Waals surface area contributed by atoms with Gasteiger partial charge in [-0.15, -0.1) is 5.10 Å². The molecular weight excluding hydrogens is 481 g/mol. The molecule has 9 nitrogen and oxygen atoms in total. The van der Waals surface area contributed by atoms with Gasteiger partial charge in [0.05, 0.1) is 12.2 Å². The molecule has 0 radical (unpaired) electrons. The molecule has 2 aromatic heterocycles. The summed E-state index contributed by atoms with van der Waals surface area (Å²) in [4.78, 5) is 17.9. The summed E-state index contributed by atoms with van der Waals surface area (Å²) < 4.78 is 22.1. The summed E-state index contributed by atoms with van der Waals surface area (Å²) in [6.07, 6.45) is 2.71. The molecule has 0 unspecified atom stereocenters. The van der Waals surface area contributed by atoms with Crippen molar-refractivity contribution >= 4 is 23.5 Å². The lowest BCUT2D eigenvalue weighted by Crippen LogP contribution is -2.25. The van der Waals surface area contributed by atoms with Gasteiger partial charge in [0.2, 0.25) is 5.16 Å². The Morgan fingerprint density at radius 2 is 1.83 bits per heavy atom. The Hall–Kier alpha value is -3.83. The maximum absolute atomic E-state index is 15.1. The second kappa shape index (κ2) is 10.8. The fourth-order valence-electron chi connectivity index (χ4n) is 3.89. The van der Waals surface area contributed by atoms with Crippen molar-refractivity contribution in [3.05, 3.63) is 83.9 Å². The number of benzene rings is 2. The van der Waals surface area contributed by atoms with Gasteiger partial charge in [-0.1, -0.05) is 36.0 Å². The fraction of sp³-hybridized carbons (Fsp3) is 0.240. The van der Waals surface area contributed by atoms with Crippen LogP contribution in [-0.2, 0) is 24.9 Å². The van der Waals surface area contributed by atoms with Crippen molar-refractivity contribution in [1.82, 2.24) is 30.5 Å². The van der Waals surface area contributed by atoms with Crippen LogP contribution in [0.25, 0.3) is 11.1 Å². The molecule has 0 bridgehead atoms. The third kappa shape index (κ3) is 5.52. The minimum absolute atomic E-state index is 0.330. The number of nitrogens with zero attached hydrogens (tertiary/aromatic N) is 6. The Labute approximate surface area is 211 Å². The molecule has 4 aromatic rings. The normalized spacial score (nSPS) is 15.3. The summed E-state index contributed by atoms with van der Waals surface area (Å²) in [5.74, 6) is 0.104. The molecule has 11 heteroatoms. The first kappa shape index (κ1) is 23.9. The number of anilines is 1. The zero-order valence-electron chi connectivity index (χ0n) is 19.5. The highest BCUT2D eigenvalue weighted by molar-refractivity contribution is 7.99. The van der Waals surface area contributed by atoms with E-state index >= 15 is 4.39 Å². The first-order chi connectivity index (χ1) is 17.6. The Morgan fingerprint density at radius 1 is 1.08 bits per heavy atom. The van der Waals surface area contributed by atoms with Crippen molar-refractivity contribution in [2.24, 2.45) is 7.05 Å². The molecule has 2 aromatic carbocycles. The molecule has 1 aliphatic heterocycles. The molecule has 36 heavy (non-hydrogen) atoms. The molecule has 1 amide bonds. The number of amides is 1. The second-order valence-corrected chi connectivity index (χ2v) is 9.32. The quantitative estimate of drug-likeness (QED) is 0.343. The number of aromatic nitrogens is 5. The highest BCUT2D eigenvalue weighted by Gasteiger charge is 2.33. The molecule has 1 atom stereocenters. The van der Waals surface area contributed by atoms with E-state index in [4.69, 9.17) is 4.74 Å². The van der Waals surface area contributed by atoms with Crippen LogP contribution in [0, 0.1) is 5.82 Å². The zero-order valence-corrected chi connectivity index (χ0v) is 20.4. The molecule has 1 aliphatic rings. The molecule has 5 rings (SSSR count). The topological polar surface area (TPSA) is 98.1 Å². The number of carbonyl (C=O) groups is 1. The van der Waals surface area contributed by atoms with Gasteiger partial charge in [-0.2, -0.15) is 0 Å². The van der Waals surface area contributed by atoms with Gasteiger partial charge in [0.1, 0.15) is 11.9 Å². The SMILES string of the molecule is Cn1nnnc1SC[C@H]1CN(c2ccc(-c3ccc(CNCc4ccncc4)cc3)c(F)c2)C(=O)O1. The predicted molar refractivity (Wildman–Crippen MR) is 134 cm³/mol. The number of pyridine rings is 1. The third-order valence-electron chi connectivity index (χ3n) is 5.79. The lowest BCUT2D eigenvalue weighted by atomic mass is 10.0. The fourth-order valence-corrected chi connectivity index (χ4v) is 4.72. The third-order valence-corrected chi connectivity index (χ3v) is 6.93. The van der Waals surface area contributed by atoms with Gasteiger partial charge >= 0.3 is 6.09 Å². The van der Waals surface area contributed by atoms with Gasteiger partial charge < -0.3 is 10.1 Å². The molecule has 3 heterocycles. The Balaban J connectivity index is 1.19. The maximum Gasteiger partial charge on any atom is 0.414 e. The minimum Gasteiger partial charge on any atom is -0.443 e. The Morgan fingerprint density at radius 3 is 2.53 bits per heavy atom. The average molecular weight is 506 g/mol. The van der Waals surface area contributed by atoms with E-state index in [1.807, 2.05) is 36.4 Å². The van der Waals surface area contributed by atoms with Gasteiger partial charge in [-0.3, -0.25) is 9.88 Å². The van der Waals surface area contributed by atoms with Crippen LogP contribution >= 0.6 is 11.8 Å². The Bertz CT molecular complexity index is 1330. The predicted octanol–water partition coefficient (Wildman–Crippen LogP) is 3.82. The molecular formula is C25H24FN7O2S. The monoisotopic (exact) mass is 505 g/mol. The van der Waals surface area contributed by atoms with E-state index in [2.05, 4.69) is 25.8 Å². The van der Waals surface area contributed by atoms with Crippen LogP contribution in [-0.4, -0.2) is 49.7 Å². The number of hydrogen-bond acceptors (Lipinski definition) is 8. The summed E-state index contributed by atoms with van der Waals surface area (Å²) in [6, 6.07) is 16.5. The number of halogens is 1. The van der Waals surface area contributed by atoms with Crippen LogP contribution in [0.1, 0.15) is 11.1 Å². The smallest absolute Gasteiger partial charge is 0.414 e. The lowest BCUT2D eigenvalue weighted by molar-refractivity contribution is 0.151. The van der Waals surface area contributed by atoms with Crippen LogP contribution in [0.15, 0.2) is 72.1 Å². The van der Waals surface area contributed by atoms with E-state index < -0.39 is 11.9 Å². The largest absolute Gasteiger partial charge is 0.443 e. The van der Waals surface area contributed by atoms with Crippen molar-refractivity contribution in [1.29, 1.82) is 0 Å². The van der Waals surface area contributed by atoms with Gasteiger partial charge in [0.15, 0.2) is 0 Å². The van der Waals surface area contributed by atoms with E-state index in [-0.39, 0.29) is 6.10 Å². The van der Waals surface area contributed by atoms with Gasteiger partial charge in [-0.05, 0) is 57.4 Å². The number of hydrogen-bond donors (Lipinski definition) is 1. The number of carbonyl (C=O) groups excluding carboxylic acids is 1. The number of nitrogens with one attached hydrogen (secondary N) is 1. The first-order valence-corrected chi connectivity index (χ1v) is 12.4. The standard InChI is InChI=1S/C25H24FN7O2S/c1-32-24(29-30-31-32)36-16-21-15-33(25(34)35-21)20-6-7-22(23(26)12-20)19-4-2-17(3-5-19)13-28-14-18-8-10-27-11-9-18/h2-12,21,28H,13-16H2,1H3/t21-/m1/s1. The molecule has 0 spiro atoms. The number of aryl methyl sites for hydroxylation is 1. The van der Waals surface area contributed by atoms with Crippen LogP contribution in [0.5, 0.6) is 0 Å². The van der Waals surface area contributed by atoms with Crippen molar-refractivity contribution < 1.29 is 13.9 Å². The number of ether oxygens (including phenoxy) is 1. The first-order valence-electron chi connectivity index (χ1n) is 11.4. The molecule has 184 valence electrons. The van der Waals surface area contributed by atoms with Crippen LogP contribution in [0.4, 0.5) is 14.9 Å². The van der Waals surface area contributed by atoms with Gasteiger partial charge in [0, 0.05) is 43.8 Å². The van der Waals surface area contributed by atoms with E-state index in [0.717, 1.165) is 17.7 Å². The molecule has 1 fully saturated rings. The van der Waals surface area contributed by atoms with Crippen LogP contribution in [0.2, 0.25) is 0 Å². The van der Waals surface area contributed by atoms with E-state index in [1.54, 1.807) is 36.3 Å². The number of rotatable bonds is 9. The molecule has 1 saturated heterocycles. The summed E-state index contributed by atoms with van der Waals surface area (Å²) in [5.41, 5.74) is 3.98. The lowest BCUT2D eigenvalue weighted by Gasteiger charge is -2.14. The van der Waals surface area contributed by atoms with E-state index in [0.29, 0.717) is 35.2 Å². The molecule has 0 saturated carbocycles. The van der Waals surface area contributed by atoms with Crippen molar-refractivity contribution in [2.45, 2.75) is 24.3 Å². The zero-order chi connectivity index (χ0) is 24.9. The summed E-state index contributed by atoms with van der Waals surface area (Å²) >= 11 is 1.40. The highest BCUT2D eigenvalue weighted by Crippen LogP contribution is 2.30. The minimum atomic E-state index is -0.493. The Kier molecular flexibility index (Phi) is 7.19. The van der Waals surface area contributed by atoms with Gasteiger partial charge in [0.25, 0.3) is 0 Å². The van der Waals surface area contributed by atoms with E-state index in [1.165, 1.54) is 28.3 Å². The summed E-state index contributed by atoms with van der Waals surface area (Å²) in [5, 5.41) is 15.3. The van der Waals surface area contributed by atoms with Crippen LogP contribution in [0.3, 0.4) is 0 Å². The number of thioether (sulfide) groups is 1. The van der Waals surface area contributed by atoms with Crippen LogP contribution < -0.4 is 10.2 Å². The average Bonchev–Trinajstić information content (AvgIpc) is 3.48. The second-order valence-electron chi connectivity index (χ2n) is 8.33.